The van der Waals surface area contributed by atoms with Crippen LogP contribution in [0.3, 0.4) is 0 Å². The number of aromatic nitrogens is 2. The molecule has 19 heavy (non-hydrogen) atoms. The average Bonchev–Trinajstić information content (AvgIpc) is 2.35. The molecule has 4 heteroatoms. The van der Waals surface area contributed by atoms with Crippen molar-refractivity contribution >= 4 is 5.82 Å². The molecule has 0 aliphatic heterocycles. The van der Waals surface area contributed by atoms with E-state index >= 15 is 0 Å². The lowest BCUT2D eigenvalue weighted by Gasteiger charge is -2.12. The number of hydrogen-bond donors (Lipinski definition) is 2. The van der Waals surface area contributed by atoms with Gasteiger partial charge in [0.25, 0.3) is 0 Å². The third kappa shape index (κ3) is 3.09. The Morgan fingerprint density at radius 3 is 2.37 bits per heavy atom. The molecule has 0 spiro atoms. The summed E-state index contributed by atoms with van der Waals surface area (Å²) in [6.45, 7) is 7.64. The quantitative estimate of drug-likeness (QED) is 0.882. The van der Waals surface area contributed by atoms with Crippen molar-refractivity contribution in [2.24, 2.45) is 5.73 Å². The van der Waals surface area contributed by atoms with Crippen LogP contribution in [0.1, 0.15) is 16.7 Å². The Balaban J connectivity index is 2.42. The maximum atomic E-state index is 5.48. The predicted octanol–water partition coefficient (Wildman–Crippen LogP) is 2.44. The summed E-state index contributed by atoms with van der Waals surface area (Å²) in [5.41, 5.74) is 11.4. The number of nitrogens with one attached hydrogen (secondary N) is 1. The molecule has 0 atom stereocenters. The van der Waals surface area contributed by atoms with E-state index in [0.717, 1.165) is 11.5 Å². The molecular weight excluding hydrogens is 236 g/mol. The van der Waals surface area contributed by atoms with Crippen molar-refractivity contribution in [3.05, 3.63) is 41.2 Å². The molecular formula is C15H20N4. The second-order valence-electron chi connectivity index (χ2n) is 4.78. The van der Waals surface area contributed by atoms with Crippen LogP contribution in [-0.2, 0) is 0 Å². The number of nitrogens with zero attached hydrogens (tertiary/aromatic N) is 2. The molecule has 1 aromatic carbocycles. The summed E-state index contributed by atoms with van der Waals surface area (Å²) in [4.78, 5) is 8.59. The van der Waals surface area contributed by atoms with E-state index < -0.39 is 0 Å². The summed E-state index contributed by atoms with van der Waals surface area (Å²) in [5, 5.41) is 3.18. The largest absolute Gasteiger partial charge is 0.369 e. The number of anilines is 1. The van der Waals surface area contributed by atoms with E-state index in [4.69, 9.17) is 5.73 Å². The summed E-state index contributed by atoms with van der Waals surface area (Å²) >= 11 is 0. The summed E-state index contributed by atoms with van der Waals surface area (Å²) in [6.07, 6.45) is 1.59. The zero-order valence-electron chi connectivity index (χ0n) is 11.7. The highest BCUT2D eigenvalue weighted by Crippen LogP contribution is 2.27. The van der Waals surface area contributed by atoms with Crippen molar-refractivity contribution < 1.29 is 0 Å². The van der Waals surface area contributed by atoms with Gasteiger partial charge in [0.05, 0.1) is 5.69 Å². The lowest BCUT2D eigenvalue weighted by atomic mass is 9.97. The highest BCUT2D eigenvalue weighted by atomic mass is 15.0. The Hall–Kier alpha value is -1.94. The van der Waals surface area contributed by atoms with E-state index in [1.54, 1.807) is 6.33 Å². The smallest absolute Gasteiger partial charge is 0.129 e. The molecule has 3 N–H and O–H groups in total. The molecule has 0 amide bonds. The van der Waals surface area contributed by atoms with E-state index in [1.165, 1.54) is 22.3 Å². The zero-order valence-corrected chi connectivity index (χ0v) is 11.7. The molecule has 0 aliphatic rings. The third-order valence-electron chi connectivity index (χ3n) is 3.05. The van der Waals surface area contributed by atoms with Crippen LogP contribution in [0.15, 0.2) is 24.5 Å². The molecule has 1 aromatic heterocycles. The highest BCUT2D eigenvalue weighted by Gasteiger charge is 2.09. The number of aryl methyl sites for hydroxylation is 3. The summed E-state index contributed by atoms with van der Waals surface area (Å²) in [6, 6.07) is 6.33. The molecule has 2 aromatic rings. The van der Waals surface area contributed by atoms with E-state index in [2.05, 4.69) is 48.2 Å². The van der Waals surface area contributed by atoms with Crippen molar-refractivity contribution in [2.45, 2.75) is 20.8 Å². The number of rotatable bonds is 4. The minimum absolute atomic E-state index is 0.585. The average molecular weight is 256 g/mol. The number of benzene rings is 1. The lowest BCUT2D eigenvalue weighted by molar-refractivity contribution is 1.00. The Morgan fingerprint density at radius 2 is 1.74 bits per heavy atom. The SMILES string of the molecule is Cc1cc(C)c(-c2cc(NCCN)ncn2)c(C)c1. The van der Waals surface area contributed by atoms with Gasteiger partial charge in [0.1, 0.15) is 12.1 Å². The van der Waals surface area contributed by atoms with Crippen molar-refractivity contribution in [2.75, 3.05) is 18.4 Å². The van der Waals surface area contributed by atoms with Crippen molar-refractivity contribution in [3.63, 3.8) is 0 Å². The molecule has 100 valence electrons. The second-order valence-corrected chi connectivity index (χ2v) is 4.78. The van der Waals surface area contributed by atoms with Crippen LogP contribution in [0.2, 0.25) is 0 Å². The topological polar surface area (TPSA) is 63.8 Å². The summed E-state index contributed by atoms with van der Waals surface area (Å²) < 4.78 is 0. The van der Waals surface area contributed by atoms with Gasteiger partial charge in [0.15, 0.2) is 0 Å². The van der Waals surface area contributed by atoms with Gasteiger partial charge in [-0.1, -0.05) is 17.7 Å². The molecule has 0 saturated carbocycles. The Labute approximate surface area is 114 Å². The van der Waals surface area contributed by atoms with Crippen molar-refractivity contribution in [3.8, 4) is 11.3 Å². The molecule has 0 fully saturated rings. The van der Waals surface area contributed by atoms with Gasteiger partial charge in [-0.25, -0.2) is 9.97 Å². The lowest BCUT2D eigenvalue weighted by Crippen LogP contribution is -2.14. The minimum atomic E-state index is 0.585. The first-order valence-electron chi connectivity index (χ1n) is 6.46. The van der Waals surface area contributed by atoms with E-state index in [9.17, 15) is 0 Å². The van der Waals surface area contributed by atoms with Gasteiger partial charge in [-0.05, 0) is 31.9 Å². The maximum Gasteiger partial charge on any atom is 0.129 e. The molecule has 4 nitrogen and oxygen atoms in total. The Morgan fingerprint density at radius 1 is 1.05 bits per heavy atom. The predicted molar refractivity (Wildman–Crippen MR) is 79.2 cm³/mol. The fourth-order valence-corrected chi connectivity index (χ4v) is 2.37. The van der Waals surface area contributed by atoms with Crippen LogP contribution in [0.4, 0.5) is 5.82 Å². The first-order valence-corrected chi connectivity index (χ1v) is 6.46. The first kappa shape index (κ1) is 13.5. The van der Waals surface area contributed by atoms with Gasteiger partial charge in [-0.15, -0.1) is 0 Å². The van der Waals surface area contributed by atoms with Gasteiger partial charge in [-0.2, -0.15) is 0 Å². The molecule has 0 bridgehead atoms. The van der Waals surface area contributed by atoms with E-state index in [1.807, 2.05) is 6.07 Å². The minimum Gasteiger partial charge on any atom is -0.369 e. The Bertz CT molecular complexity index is 555. The monoisotopic (exact) mass is 256 g/mol. The number of nitrogens with two attached hydrogens (primary N) is 1. The molecule has 0 radical (unpaired) electrons. The highest BCUT2D eigenvalue weighted by molar-refractivity contribution is 5.69. The van der Waals surface area contributed by atoms with Crippen LogP contribution >= 0.6 is 0 Å². The fraction of sp³-hybridized carbons (Fsp3) is 0.333. The third-order valence-corrected chi connectivity index (χ3v) is 3.05. The zero-order chi connectivity index (χ0) is 13.8. The van der Waals surface area contributed by atoms with Crippen LogP contribution in [0, 0.1) is 20.8 Å². The van der Waals surface area contributed by atoms with Gasteiger partial charge in [0.2, 0.25) is 0 Å². The van der Waals surface area contributed by atoms with Crippen molar-refractivity contribution in [1.82, 2.24) is 9.97 Å². The number of hydrogen-bond acceptors (Lipinski definition) is 4. The van der Waals surface area contributed by atoms with E-state index in [-0.39, 0.29) is 0 Å². The van der Waals surface area contributed by atoms with E-state index in [0.29, 0.717) is 13.1 Å². The van der Waals surface area contributed by atoms with Gasteiger partial charge in [-0.3, -0.25) is 0 Å². The summed E-state index contributed by atoms with van der Waals surface area (Å²) in [5.74, 6) is 0.815. The summed E-state index contributed by atoms with van der Waals surface area (Å²) in [7, 11) is 0. The van der Waals surface area contributed by atoms with Crippen LogP contribution in [0.25, 0.3) is 11.3 Å². The molecule has 0 unspecified atom stereocenters. The maximum absolute atomic E-state index is 5.48. The van der Waals surface area contributed by atoms with Gasteiger partial charge < -0.3 is 11.1 Å². The van der Waals surface area contributed by atoms with Crippen LogP contribution in [0.5, 0.6) is 0 Å². The molecule has 0 aliphatic carbocycles. The normalized spacial score (nSPS) is 10.5. The fourth-order valence-electron chi connectivity index (χ4n) is 2.37. The van der Waals surface area contributed by atoms with Crippen LogP contribution in [-0.4, -0.2) is 23.1 Å². The molecule has 0 saturated heterocycles. The molecule has 2 rings (SSSR count). The second kappa shape index (κ2) is 5.80. The first-order chi connectivity index (χ1) is 9.11. The molecule has 1 heterocycles. The Kier molecular flexibility index (Phi) is 4.12. The van der Waals surface area contributed by atoms with Gasteiger partial charge in [0, 0.05) is 24.7 Å². The van der Waals surface area contributed by atoms with Crippen LogP contribution < -0.4 is 11.1 Å². The van der Waals surface area contributed by atoms with Crippen molar-refractivity contribution in [1.29, 1.82) is 0 Å². The van der Waals surface area contributed by atoms with Gasteiger partial charge >= 0.3 is 0 Å². The standard InChI is InChI=1S/C15H20N4/c1-10-6-11(2)15(12(3)7-10)13-8-14(17-5-4-16)19-9-18-13/h6-9H,4-5,16H2,1-3H3,(H,17,18,19).